The summed E-state index contributed by atoms with van der Waals surface area (Å²) in [7, 11) is -3.40. The number of nitrogens with zero attached hydrogens (tertiary/aromatic N) is 1. The van der Waals surface area contributed by atoms with Crippen molar-refractivity contribution in [1.82, 2.24) is 4.31 Å². The van der Waals surface area contributed by atoms with Crippen LogP contribution >= 0.6 is 11.6 Å². The predicted octanol–water partition coefficient (Wildman–Crippen LogP) is 2.71. The van der Waals surface area contributed by atoms with E-state index in [9.17, 15) is 8.42 Å². The molecule has 0 unspecified atom stereocenters. The molecule has 0 amide bonds. The highest BCUT2D eigenvalue weighted by molar-refractivity contribution is 7.89. The first-order chi connectivity index (χ1) is 8.00. The van der Waals surface area contributed by atoms with Crippen LogP contribution in [-0.2, 0) is 10.0 Å². The molecule has 0 aliphatic heterocycles. The Labute approximate surface area is 108 Å². The molecule has 0 aliphatic carbocycles. The van der Waals surface area contributed by atoms with Crippen molar-refractivity contribution in [3.05, 3.63) is 30.3 Å². The maximum Gasteiger partial charge on any atom is 0.243 e. The number of hydrogen-bond donors (Lipinski definition) is 0. The van der Waals surface area contributed by atoms with Gasteiger partial charge < -0.3 is 0 Å². The van der Waals surface area contributed by atoms with Crippen molar-refractivity contribution in [2.24, 2.45) is 0 Å². The molecule has 5 heteroatoms. The van der Waals surface area contributed by atoms with Crippen molar-refractivity contribution in [2.45, 2.75) is 31.2 Å². The van der Waals surface area contributed by atoms with Gasteiger partial charge >= 0.3 is 0 Å². The van der Waals surface area contributed by atoms with E-state index in [1.807, 2.05) is 13.8 Å². The van der Waals surface area contributed by atoms with E-state index in [0.29, 0.717) is 23.7 Å². The van der Waals surface area contributed by atoms with Gasteiger partial charge in [0, 0.05) is 18.5 Å². The first-order valence-corrected chi connectivity index (χ1v) is 7.60. The van der Waals surface area contributed by atoms with Gasteiger partial charge in [0.2, 0.25) is 10.0 Å². The number of sulfonamides is 1. The van der Waals surface area contributed by atoms with Crippen molar-refractivity contribution in [3.63, 3.8) is 0 Å². The third-order valence-corrected chi connectivity index (χ3v) is 4.79. The fraction of sp³-hybridized carbons (Fsp3) is 0.500. The van der Waals surface area contributed by atoms with Crippen molar-refractivity contribution in [2.75, 3.05) is 12.4 Å². The molecule has 1 aromatic carbocycles. The molecule has 0 aliphatic rings. The summed E-state index contributed by atoms with van der Waals surface area (Å²) < 4.78 is 26.2. The molecule has 0 heterocycles. The number of benzene rings is 1. The quantitative estimate of drug-likeness (QED) is 0.749. The SMILES string of the molecule is CC(C)N(CCCCl)S(=O)(=O)c1ccccc1. The average molecular weight is 276 g/mol. The second kappa shape index (κ2) is 6.38. The minimum absolute atomic E-state index is 0.0663. The standard InChI is InChI=1S/C12H18ClNO2S/c1-11(2)14(10-6-9-13)17(15,16)12-7-4-3-5-8-12/h3-5,7-8,11H,6,9-10H2,1-2H3. The van der Waals surface area contributed by atoms with Crippen molar-refractivity contribution < 1.29 is 8.42 Å². The van der Waals surface area contributed by atoms with E-state index in [0.717, 1.165) is 0 Å². The molecule has 17 heavy (non-hydrogen) atoms. The molecule has 0 saturated heterocycles. The first kappa shape index (κ1) is 14.5. The zero-order valence-electron chi connectivity index (χ0n) is 10.1. The van der Waals surface area contributed by atoms with E-state index in [-0.39, 0.29) is 6.04 Å². The Morgan fingerprint density at radius 2 is 1.82 bits per heavy atom. The molecule has 3 nitrogen and oxygen atoms in total. The molecule has 0 spiro atoms. The van der Waals surface area contributed by atoms with Gasteiger partial charge in [0.1, 0.15) is 0 Å². The minimum Gasteiger partial charge on any atom is -0.207 e. The smallest absolute Gasteiger partial charge is 0.207 e. The lowest BCUT2D eigenvalue weighted by atomic mass is 10.3. The molecular weight excluding hydrogens is 258 g/mol. The molecule has 0 fully saturated rings. The number of alkyl halides is 1. The monoisotopic (exact) mass is 275 g/mol. The fourth-order valence-corrected chi connectivity index (χ4v) is 3.42. The van der Waals surface area contributed by atoms with Crippen LogP contribution in [0.1, 0.15) is 20.3 Å². The van der Waals surface area contributed by atoms with Gasteiger partial charge in [-0.1, -0.05) is 18.2 Å². The van der Waals surface area contributed by atoms with E-state index in [2.05, 4.69) is 0 Å². The highest BCUT2D eigenvalue weighted by Gasteiger charge is 2.25. The van der Waals surface area contributed by atoms with Crippen molar-refractivity contribution in [3.8, 4) is 0 Å². The molecule has 96 valence electrons. The number of halogens is 1. The van der Waals surface area contributed by atoms with Crippen LogP contribution in [0.15, 0.2) is 35.2 Å². The molecule has 1 rings (SSSR count). The first-order valence-electron chi connectivity index (χ1n) is 5.63. The average Bonchev–Trinajstić information content (AvgIpc) is 2.30. The van der Waals surface area contributed by atoms with E-state index in [4.69, 9.17) is 11.6 Å². The van der Waals surface area contributed by atoms with E-state index in [1.54, 1.807) is 30.3 Å². The van der Waals surface area contributed by atoms with Crippen LogP contribution < -0.4 is 0 Å². The van der Waals surface area contributed by atoms with Crippen molar-refractivity contribution in [1.29, 1.82) is 0 Å². The zero-order valence-corrected chi connectivity index (χ0v) is 11.7. The minimum atomic E-state index is -3.40. The van der Waals surface area contributed by atoms with E-state index < -0.39 is 10.0 Å². The van der Waals surface area contributed by atoms with Crippen LogP contribution in [0.5, 0.6) is 0 Å². The summed E-state index contributed by atoms with van der Waals surface area (Å²) in [5.41, 5.74) is 0. The van der Waals surface area contributed by atoms with Gasteiger partial charge in [-0.05, 0) is 32.4 Å². The van der Waals surface area contributed by atoms with Crippen LogP contribution in [-0.4, -0.2) is 31.2 Å². The van der Waals surface area contributed by atoms with Gasteiger partial charge in [0.25, 0.3) is 0 Å². The van der Waals surface area contributed by atoms with Crippen LogP contribution in [0.4, 0.5) is 0 Å². The van der Waals surface area contributed by atoms with Gasteiger partial charge in [0.05, 0.1) is 4.90 Å². The van der Waals surface area contributed by atoms with Gasteiger partial charge in [-0.2, -0.15) is 4.31 Å². The normalized spacial score (nSPS) is 12.3. The van der Waals surface area contributed by atoms with Crippen LogP contribution in [0, 0.1) is 0 Å². The molecule has 0 atom stereocenters. The summed E-state index contributed by atoms with van der Waals surface area (Å²) in [5, 5.41) is 0. The lowest BCUT2D eigenvalue weighted by Gasteiger charge is -2.25. The van der Waals surface area contributed by atoms with Gasteiger partial charge in [-0.25, -0.2) is 8.42 Å². The topological polar surface area (TPSA) is 37.4 Å². The van der Waals surface area contributed by atoms with Gasteiger partial charge in [-0.15, -0.1) is 11.6 Å². The second-order valence-corrected chi connectivity index (χ2v) is 6.33. The summed E-state index contributed by atoms with van der Waals surface area (Å²) in [5.74, 6) is 0.466. The number of hydrogen-bond acceptors (Lipinski definition) is 2. The summed E-state index contributed by atoms with van der Waals surface area (Å²) in [6, 6.07) is 8.43. The molecule has 0 aromatic heterocycles. The molecule has 0 saturated carbocycles. The Kier molecular flexibility index (Phi) is 5.43. The Balaban J connectivity index is 3.01. The third-order valence-electron chi connectivity index (χ3n) is 2.44. The fourth-order valence-electron chi connectivity index (χ4n) is 1.60. The summed E-state index contributed by atoms with van der Waals surface area (Å²) >= 11 is 5.62. The largest absolute Gasteiger partial charge is 0.243 e. The summed E-state index contributed by atoms with van der Waals surface area (Å²) in [6.07, 6.45) is 0.659. The Bertz CT molecular complexity index is 431. The Hall–Kier alpha value is -0.580. The Morgan fingerprint density at radius 1 is 1.24 bits per heavy atom. The van der Waals surface area contributed by atoms with Crippen LogP contribution in [0.25, 0.3) is 0 Å². The predicted molar refractivity (Wildman–Crippen MR) is 70.8 cm³/mol. The molecule has 0 N–H and O–H groups in total. The maximum atomic E-state index is 12.4. The maximum absolute atomic E-state index is 12.4. The highest BCUT2D eigenvalue weighted by atomic mass is 35.5. The van der Waals surface area contributed by atoms with Crippen LogP contribution in [0.3, 0.4) is 0 Å². The van der Waals surface area contributed by atoms with Crippen molar-refractivity contribution >= 4 is 21.6 Å². The van der Waals surface area contributed by atoms with Gasteiger partial charge in [0.15, 0.2) is 0 Å². The molecular formula is C12H18ClNO2S. The second-order valence-electron chi connectivity index (χ2n) is 4.07. The Morgan fingerprint density at radius 3 is 2.29 bits per heavy atom. The van der Waals surface area contributed by atoms with E-state index >= 15 is 0 Å². The summed E-state index contributed by atoms with van der Waals surface area (Å²) in [4.78, 5) is 0.336. The van der Waals surface area contributed by atoms with E-state index in [1.165, 1.54) is 4.31 Å². The molecule has 1 aromatic rings. The van der Waals surface area contributed by atoms with Crippen LogP contribution in [0.2, 0.25) is 0 Å². The lowest BCUT2D eigenvalue weighted by molar-refractivity contribution is 0.354. The zero-order chi connectivity index (χ0) is 12.9. The summed E-state index contributed by atoms with van der Waals surface area (Å²) in [6.45, 7) is 4.20. The number of rotatable bonds is 6. The lowest BCUT2D eigenvalue weighted by Crippen LogP contribution is -2.37. The van der Waals surface area contributed by atoms with Gasteiger partial charge in [-0.3, -0.25) is 0 Å². The third kappa shape index (κ3) is 3.69. The molecule has 0 radical (unpaired) electrons. The molecule has 0 bridgehead atoms. The highest BCUT2D eigenvalue weighted by Crippen LogP contribution is 2.18.